The third-order valence-electron chi connectivity index (χ3n) is 2.96. The zero-order valence-electron chi connectivity index (χ0n) is 8.74. The molecule has 88 valence electrons. The third-order valence-corrected chi connectivity index (χ3v) is 2.96. The van der Waals surface area contributed by atoms with Crippen molar-refractivity contribution in [3.63, 3.8) is 0 Å². The normalized spacial score (nSPS) is 25.4. The summed E-state index contributed by atoms with van der Waals surface area (Å²) < 4.78 is 25.4. The van der Waals surface area contributed by atoms with Crippen LogP contribution in [0.2, 0.25) is 0 Å². The molecule has 1 atom stereocenters. The van der Waals surface area contributed by atoms with Crippen molar-refractivity contribution in [2.75, 3.05) is 18.0 Å². The average Bonchev–Trinajstić information content (AvgIpc) is 2.62. The van der Waals surface area contributed by atoms with E-state index in [4.69, 9.17) is 5.73 Å². The van der Waals surface area contributed by atoms with Gasteiger partial charge in [-0.2, -0.15) is 0 Å². The Morgan fingerprint density at radius 3 is 2.75 bits per heavy atom. The molecule has 1 aromatic rings. The average molecular weight is 228 g/mol. The molecule has 0 bridgehead atoms. The van der Waals surface area contributed by atoms with Gasteiger partial charge in [-0.05, 0) is 18.6 Å². The molecule has 0 spiro atoms. The molecule has 16 heavy (non-hydrogen) atoms. The molecule has 1 heterocycles. The molecule has 0 aliphatic carbocycles. The van der Waals surface area contributed by atoms with Crippen molar-refractivity contribution in [1.82, 2.24) is 0 Å². The number of alkyl halides is 2. The van der Waals surface area contributed by atoms with Gasteiger partial charge in [0.2, 0.25) is 0 Å². The van der Waals surface area contributed by atoms with Crippen LogP contribution in [0, 0.1) is 0 Å². The molecule has 0 amide bonds. The van der Waals surface area contributed by atoms with Gasteiger partial charge in [0.25, 0.3) is 6.43 Å². The maximum absolute atomic E-state index is 12.7. The summed E-state index contributed by atoms with van der Waals surface area (Å²) in [6.07, 6.45) is -2.25. The van der Waals surface area contributed by atoms with E-state index in [1.54, 1.807) is 29.2 Å². The first-order valence-electron chi connectivity index (χ1n) is 5.12. The minimum absolute atomic E-state index is 0.119. The Kier molecular flexibility index (Phi) is 2.71. The van der Waals surface area contributed by atoms with Crippen molar-refractivity contribution >= 4 is 5.69 Å². The lowest BCUT2D eigenvalue weighted by molar-refractivity contribution is 0.0655. The fraction of sp³-hybridized carbons (Fsp3) is 0.455. The highest BCUT2D eigenvalue weighted by molar-refractivity contribution is 5.51. The zero-order valence-corrected chi connectivity index (χ0v) is 8.74. The Labute approximate surface area is 92.5 Å². The first kappa shape index (κ1) is 11.1. The second kappa shape index (κ2) is 3.90. The summed E-state index contributed by atoms with van der Waals surface area (Å²) in [6, 6.07) is 6.56. The minimum Gasteiger partial charge on any atom is -0.508 e. The maximum atomic E-state index is 12.7. The number of anilines is 1. The summed E-state index contributed by atoms with van der Waals surface area (Å²) in [7, 11) is 0. The van der Waals surface area contributed by atoms with Gasteiger partial charge < -0.3 is 15.7 Å². The smallest absolute Gasteiger partial charge is 0.258 e. The second-order valence-corrected chi connectivity index (χ2v) is 4.23. The minimum atomic E-state index is -2.52. The van der Waals surface area contributed by atoms with Gasteiger partial charge in [-0.1, -0.05) is 6.07 Å². The summed E-state index contributed by atoms with van der Waals surface area (Å²) in [5.74, 6) is 0.129. The lowest BCUT2D eigenvalue weighted by atomic mass is 10.0. The Balaban J connectivity index is 2.15. The number of aromatic hydroxyl groups is 1. The van der Waals surface area contributed by atoms with Crippen molar-refractivity contribution in [3.05, 3.63) is 24.3 Å². The molecule has 0 aromatic heterocycles. The maximum Gasteiger partial charge on any atom is 0.258 e. The van der Waals surface area contributed by atoms with Crippen LogP contribution < -0.4 is 10.6 Å². The van der Waals surface area contributed by atoms with E-state index in [-0.39, 0.29) is 18.7 Å². The van der Waals surface area contributed by atoms with E-state index < -0.39 is 12.0 Å². The molecule has 0 saturated carbocycles. The zero-order chi connectivity index (χ0) is 11.8. The topological polar surface area (TPSA) is 49.5 Å². The summed E-state index contributed by atoms with van der Waals surface area (Å²) in [6.45, 7) is 0.610. The number of rotatable bonds is 2. The van der Waals surface area contributed by atoms with Crippen molar-refractivity contribution in [3.8, 4) is 5.75 Å². The van der Waals surface area contributed by atoms with Gasteiger partial charge in [0, 0.05) is 24.8 Å². The van der Waals surface area contributed by atoms with Gasteiger partial charge in [-0.25, -0.2) is 8.78 Å². The quantitative estimate of drug-likeness (QED) is 0.807. The highest BCUT2D eigenvalue weighted by atomic mass is 19.3. The fourth-order valence-electron chi connectivity index (χ4n) is 1.94. The lowest BCUT2D eigenvalue weighted by Gasteiger charge is -2.24. The van der Waals surface area contributed by atoms with Crippen molar-refractivity contribution in [1.29, 1.82) is 0 Å². The summed E-state index contributed by atoms with van der Waals surface area (Å²) >= 11 is 0. The van der Waals surface area contributed by atoms with Crippen LogP contribution >= 0.6 is 0 Å². The number of phenols is 1. The molecule has 1 aliphatic heterocycles. The Morgan fingerprint density at radius 2 is 2.19 bits per heavy atom. The van der Waals surface area contributed by atoms with Crippen molar-refractivity contribution < 1.29 is 13.9 Å². The lowest BCUT2D eigenvalue weighted by Crippen LogP contribution is -2.49. The molecule has 3 N–H and O–H groups in total. The molecular formula is C11H14F2N2O. The van der Waals surface area contributed by atoms with E-state index in [1.807, 2.05) is 0 Å². The molecule has 5 heteroatoms. The molecule has 0 radical (unpaired) electrons. The number of nitrogens with zero attached hydrogens (tertiary/aromatic N) is 1. The Hall–Kier alpha value is -1.36. The van der Waals surface area contributed by atoms with Crippen LogP contribution in [-0.2, 0) is 0 Å². The molecule has 1 unspecified atom stereocenters. The highest BCUT2D eigenvalue weighted by Gasteiger charge is 2.42. The van der Waals surface area contributed by atoms with Crippen LogP contribution in [0.1, 0.15) is 6.42 Å². The molecular weight excluding hydrogens is 214 g/mol. The highest BCUT2D eigenvalue weighted by Crippen LogP contribution is 2.30. The van der Waals surface area contributed by atoms with E-state index in [0.717, 1.165) is 5.69 Å². The van der Waals surface area contributed by atoms with Crippen LogP contribution in [0.15, 0.2) is 24.3 Å². The molecule has 3 nitrogen and oxygen atoms in total. The van der Waals surface area contributed by atoms with Crippen LogP contribution in [0.5, 0.6) is 5.75 Å². The number of halogens is 2. The Morgan fingerprint density at radius 1 is 1.44 bits per heavy atom. The number of hydrogen-bond donors (Lipinski definition) is 2. The van der Waals surface area contributed by atoms with Crippen LogP contribution in [0.3, 0.4) is 0 Å². The van der Waals surface area contributed by atoms with Crippen LogP contribution in [0.4, 0.5) is 14.5 Å². The summed E-state index contributed by atoms with van der Waals surface area (Å²) in [4.78, 5) is 1.77. The third kappa shape index (κ3) is 1.95. The summed E-state index contributed by atoms with van der Waals surface area (Å²) in [5.41, 5.74) is 4.92. The Bertz CT molecular complexity index is 386. The van der Waals surface area contributed by atoms with Crippen molar-refractivity contribution in [2.24, 2.45) is 5.73 Å². The molecule has 1 saturated heterocycles. The molecule has 1 aromatic carbocycles. The standard InChI is InChI=1S/C11H14F2N2O/c12-10(13)11(14)4-5-15(7-11)8-2-1-3-9(16)6-8/h1-3,6,10,16H,4-5,7,14H2. The molecule has 2 rings (SSSR count). The molecule has 1 aliphatic rings. The van der Waals surface area contributed by atoms with Crippen LogP contribution in [-0.4, -0.2) is 30.2 Å². The van der Waals surface area contributed by atoms with E-state index in [9.17, 15) is 13.9 Å². The van der Waals surface area contributed by atoms with E-state index in [1.165, 1.54) is 0 Å². The van der Waals surface area contributed by atoms with Gasteiger partial charge in [-0.15, -0.1) is 0 Å². The predicted octanol–water partition coefficient (Wildman–Crippen LogP) is 1.56. The van der Waals surface area contributed by atoms with E-state index in [0.29, 0.717) is 6.54 Å². The van der Waals surface area contributed by atoms with Gasteiger partial charge in [0.15, 0.2) is 0 Å². The largest absolute Gasteiger partial charge is 0.508 e. The van der Waals surface area contributed by atoms with E-state index >= 15 is 0 Å². The van der Waals surface area contributed by atoms with Gasteiger partial charge in [0.1, 0.15) is 5.75 Å². The van der Waals surface area contributed by atoms with Gasteiger partial charge in [-0.3, -0.25) is 0 Å². The fourth-order valence-corrected chi connectivity index (χ4v) is 1.94. The number of nitrogens with two attached hydrogens (primary N) is 1. The molecule has 1 fully saturated rings. The first-order valence-corrected chi connectivity index (χ1v) is 5.12. The second-order valence-electron chi connectivity index (χ2n) is 4.23. The van der Waals surface area contributed by atoms with Crippen molar-refractivity contribution in [2.45, 2.75) is 18.4 Å². The summed E-state index contributed by atoms with van der Waals surface area (Å²) in [5, 5.41) is 9.31. The number of phenolic OH excluding ortho intramolecular Hbond substituents is 1. The van der Waals surface area contributed by atoms with Gasteiger partial charge >= 0.3 is 0 Å². The van der Waals surface area contributed by atoms with E-state index in [2.05, 4.69) is 0 Å². The SMILES string of the molecule is NC1(C(F)F)CCN(c2cccc(O)c2)C1. The monoisotopic (exact) mass is 228 g/mol. The number of hydrogen-bond acceptors (Lipinski definition) is 3. The van der Waals surface area contributed by atoms with Crippen LogP contribution in [0.25, 0.3) is 0 Å². The number of benzene rings is 1. The first-order chi connectivity index (χ1) is 7.51. The predicted molar refractivity (Wildman–Crippen MR) is 57.9 cm³/mol. The van der Waals surface area contributed by atoms with Gasteiger partial charge in [0.05, 0.1) is 5.54 Å².